The van der Waals surface area contributed by atoms with Crippen LogP contribution in [-0.4, -0.2) is 25.7 Å². The summed E-state index contributed by atoms with van der Waals surface area (Å²) in [6, 6.07) is 5.90. The number of benzene rings is 1. The number of hydrogen-bond acceptors (Lipinski definition) is 5. The Morgan fingerprint density at radius 3 is 2.75 bits per heavy atom. The fourth-order valence-electron chi connectivity index (χ4n) is 2.85. The van der Waals surface area contributed by atoms with E-state index in [1.807, 2.05) is 6.92 Å². The summed E-state index contributed by atoms with van der Waals surface area (Å²) in [4.78, 5) is 32.0. The fourth-order valence-corrected chi connectivity index (χ4v) is 2.85. The van der Waals surface area contributed by atoms with E-state index in [1.54, 1.807) is 19.1 Å². The Kier molecular flexibility index (Phi) is 5.53. The highest BCUT2D eigenvalue weighted by atomic mass is 19.1. The van der Waals surface area contributed by atoms with E-state index in [4.69, 9.17) is 0 Å². The molecule has 0 atom stereocenters. The zero-order valence-electron chi connectivity index (χ0n) is 15.2. The number of nitrogens with zero attached hydrogens (tertiary/aromatic N) is 4. The highest BCUT2D eigenvalue weighted by Crippen LogP contribution is 2.25. The Morgan fingerprint density at radius 2 is 2.07 bits per heavy atom. The summed E-state index contributed by atoms with van der Waals surface area (Å²) in [6.45, 7) is 3.02. The predicted octanol–water partition coefficient (Wildman–Crippen LogP) is 2.49. The highest BCUT2D eigenvalue weighted by Gasteiger charge is 2.17. The molecule has 0 unspecified atom stereocenters. The molecule has 144 valence electrons. The van der Waals surface area contributed by atoms with Gasteiger partial charge < -0.3 is 5.32 Å². The molecule has 28 heavy (non-hydrogen) atoms. The number of aryl methyl sites for hydroxylation is 1. The van der Waals surface area contributed by atoms with Gasteiger partial charge in [0.05, 0.1) is 11.9 Å². The first kappa shape index (κ1) is 19.3. The first-order chi connectivity index (χ1) is 13.4. The van der Waals surface area contributed by atoms with Crippen molar-refractivity contribution in [3.05, 3.63) is 70.0 Å². The smallest absolute Gasteiger partial charge is 0.270 e. The summed E-state index contributed by atoms with van der Waals surface area (Å²) in [5.41, 5.74) is 1.49. The zero-order chi connectivity index (χ0) is 20.3. The molecule has 3 aromatic rings. The van der Waals surface area contributed by atoms with Crippen molar-refractivity contribution < 1.29 is 13.6 Å². The van der Waals surface area contributed by atoms with Crippen molar-refractivity contribution in [2.75, 3.05) is 5.32 Å². The Bertz CT molecular complexity index is 1100. The van der Waals surface area contributed by atoms with Gasteiger partial charge in [-0.2, -0.15) is 5.10 Å². The normalized spacial score (nSPS) is 10.7. The Morgan fingerprint density at radius 1 is 1.29 bits per heavy atom. The van der Waals surface area contributed by atoms with E-state index in [0.717, 1.165) is 17.2 Å². The third-order valence-electron chi connectivity index (χ3n) is 4.13. The van der Waals surface area contributed by atoms with E-state index in [1.165, 1.54) is 12.1 Å². The SMILES string of the molecule is CCc1nn(CC(=O)Nc2ncncc2F)c(=O)c(C)c1-c1cccc(F)c1. The van der Waals surface area contributed by atoms with E-state index in [9.17, 15) is 18.4 Å². The van der Waals surface area contributed by atoms with Crippen molar-refractivity contribution in [2.45, 2.75) is 26.8 Å². The number of hydrogen-bond donors (Lipinski definition) is 1. The maximum Gasteiger partial charge on any atom is 0.270 e. The maximum absolute atomic E-state index is 13.6. The first-order valence-corrected chi connectivity index (χ1v) is 8.52. The van der Waals surface area contributed by atoms with Crippen molar-refractivity contribution in [2.24, 2.45) is 0 Å². The van der Waals surface area contributed by atoms with E-state index >= 15 is 0 Å². The average Bonchev–Trinajstić information content (AvgIpc) is 2.67. The van der Waals surface area contributed by atoms with E-state index in [2.05, 4.69) is 20.4 Å². The van der Waals surface area contributed by atoms with Crippen LogP contribution < -0.4 is 10.9 Å². The first-order valence-electron chi connectivity index (χ1n) is 8.52. The van der Waals surface area contributed by atoms with Crippen molar-refractivity contribution >= 4 is 11.7 Å². The summed E-state index contributed by atoms with van der Waals surface area (Å²) >= 11 is 0. The quantitative estimate of drug-likeness (QED) is 0.729. The van der Waals surface area contributed by atoms with Crippen LogP contribution in [0.25, 0.3) is 11.1 Å². The largest absolute Gasteiger partial charge is 0.307 e. The molecule has 0 saturated carbocycles. The summed E-state index contributed by atoms with van der Waals surface area (Å²) in [7, 11) is 0. The minimum Gasteiger partial charge on any atom is -0.307 e. The maximum atomic E-state index is 13.6. The number of halogens is 2. The molecule has 0 aliphatic heterocycles. The third kappa shape index (κ3) is 3.93. The Hall–Kier alpha value is -3.49. The molecule has 1 amide bonds. The molecule has 1 aromatic carbocycles. The van der Waals surface area contributed by atoms with Gasteiger partial charge in [0.1, 0.15) is 18.7 Å². The van der Waals surface area contributed by atoms with Crippen LogP contribution >= 0.6 is 0 Å². The van der Waals surface area contributed by atoms with Gasteiger partial charge in [0, 0.05) is 11.1 Å². The number of amides is 1. The standard InChI is InChI=1S/C19H17F2N5O2/c1-3-15-17(12-5-4-6-13(20)7-12)11(2)19(28)26(25-15)9-16(27)24-18-14(21)8-22-10-23-18/h4-8,10H,3,9H2,1-2H3,(H,22,23,24,27). The second-order valence-corrected chi connectivity index (χ2v) is 6.04. The summed E-state index contributed by atoms with van der Waals surface area (Å²) in [5.74, 6) is -2.15. The second-order valence-electron chi connectivity index (χ2n) is 6.04. The van der Waals surface area contributed by atoms with Gasteiger partial charge in [-0.1, -0.05) is 19.1 Å². The summed E-state index contributed by atoms with van der Waals surface area (Å²) < 4.78 is 28.2. The second kappa shape index (κ2) is 8.03. The molecule has 0 bridgehead atoms. The fraction of sp³-hybridized carbons (Fsp3) is 0.211. The molecule has 0 aliphatic carbocycles. The zero-order valence-corrected chi connectivity index (χ0v) is 15.2. The molecule has 9 heteroatoms. The van der Waals surface area contributed by atoms with Gasteiger partial charge in [0.2, 0.25) is 5.91 Å². The summed E-state index contributed by atoms with van der Waals surface area (Å²) in [6.07, 6.45) is 2.48. The third-order valence-corrected chi connectivity index (χ3v) is 4.13. The van der Waals surface area contributed by atoms with Crippen LogP contribution in [0.5, 0.6) is 0 Å². The van der Waals surface area contributed by atoms with Gasteiger partial charge >= 0.3 is 0 Å². The molecule has 0 fully saturated rings. The van der Waals surface area contributed by atoms with Crippen molar-refractivity contribution in [1.29, 1.82) is 0 Å². The van der Waals surface area contributed by atoms with Crippen molar-refractivity contribution in [1.82, 2.24) is 19.7 Å². The lowest BCUT2D eigenvalue weighted by Crippen LogP contribution is -2.32. The number of anilines is 1. The number of carbonyl (C=O) groups excluding carboxylic acids is 1. The molecule has 2 aromatic heterocycles. The predicted molar refractivity (Wildman–Crippen MR) is 98.6 cm³/mol. The minimum atomic E-state index is -0.789. The molecular weight excluding hydrogens is 368 g/mol. The van der Waals surface area contributed by atoms with Crippen LogP contribution in [0.2, 0.25) is 0 Å². The number of nitrogens with one attached hydrogen (secondary N) is 1. The van der Waals surface area contributed by atoms with Crippen LogP contribution in [0.1, 0.15) is 18.2 Å². The van der Waals surface area contributed by atoms with Gasteiger partial charge in [-0.25, -0.2) is 23.4 Å². The van der Waals surface area contributed by atoms with Crippen LogP contribution in [-0.2, 0) is 17.8 Å². The van der Waals surface area contributed by atoms with Crippen molar-refractivity contribution in [3.63, 3.8) is 0 Å². The molecule has 3 rings (SSSR count). The van der Waals surface area contributed by atoms with Crippen LogP contribution in [0.4, 0.5) is 14.6 Å². The molecule has 2 heterocycles. The van der Waals surface area contributed by atoms with Gasteiger partial charge in [-0.05, 0) is 31.0 Å². The molecule has 1 N–H and O–H groups in total. The van der Waals surface area contributed by atoms with Gasteiger partial charge in [-0.15, -0.1) is 0 Å². The van der Waals surface area contributed by atoms with Crippen LogP contribution in [0, 0.1) is 18.6 Å². The number of rotatable bonds is 5. The van der Waals surface area contributed by atoms with Crippen LogP contribution in [0.15, 0.2) is 41.6 Å². The Labute approximate surface area is 159 Å². The van der Waals surface area contributed by atoms with E-state index in [-0.39, 0.29) is 5.82 Å². The highest BCUT2D eigenvalue weighted by molar-refractivity contribution is 5.89. The van der Waals surface area contributed by atoms with Gasteiger partial charge in [-0.3, -0.25) is 9.59 Å². The summed E-state index contributed by atoms with van der Waals surface area (Å²) in [5, 5.41) is 6.54. The number of aromatic nitrogens is 4. The average molecular weight is 385 g/mol. The molecule has 7 nitrogen and oxygen atoms in total. The van der Waals surface area contributed by atoms with Gasteiger partial charge in [0.15, 0.2) is 11.6 Å². The molecule has 0 radical (unpaired) electrons. The van der Waals surface area contributed by atoms with Gasteiger partial charge in [0.25, 0.3) is 5.56 Å². The van der Waals surface area contributed by atoms with Crippen LogP contribution in [0.3, 0.4) is 0 Å². The monoisotopic (exact) mass is 385 g/mol. The minimum absolute atomic E-state index is 0.281. The molecular formula is C19H17F2N5O2. The lowest BCUT2D eigenvalue weighted by molar-refractivity contribution is -0.117. The molecule has 0 spiro atoms. The lowest BCUT2D eigenvalue weighted by atomic mass is 9.99. The number of carbonyl (C=O) groups is 1. The lowest BCUT2D eigenvalue weighted by Gasteiger charge is -2.14. The Balaban J connectivity index is 1.95. The van der Waals surface area contributed by atoms with E-state index in [0.29, 0.717) is 28.8 Å². The molecule has 0 aliphatic rings. The van der Waals surface area contributed by atoms with E-state index < -0.39 is 29.6 Å². The topological polar surface area (TPSA) is 89.8 Å². The van der Waals surface area contributed by atoms with Crippen molar-refractivity contribution in [3.8, 4) is 11.1 Å². The molecule has 0 saturated heterocycles.